The van der Waals surface area contributed by atoms with Gasteiger partial charge in [-0.3, -0.25) is 4.79 Å². The minimum Gasteiger partial charge on any atom is -0.431 e. The number of hydrogen-bond donors (Lipinski definition) is 0. The van der Waals surface area contributed by atoms with Crippen molar-refractivity contribution in [2.45, 2.75) is 26.9 Å². The van der Waals surface area contributed by atoms with E-state index in [4.69, 9.17) is 0 Å². The molecule has 0 N–H and O–H groups in total. The van der Waals surface area contributed by atoms with Crippen LogP contribution in [0.5, 0.6) is 0 Å². The quantitative estimate of drug-likeness (QED) is 0.475. The fourth-order valence-electron chi connectivity index (χ4n) is 0.387. The Balaban J connectivity index is 3.38. The zero-order chi connectivity index (χ0) is 9.56. The lowest BCUT2D eigenvalue weighted by Gasteiger charge is -2.07. The van der Waals surface area contributed by atoms with Crippen LogP contribution in [-0.2, 0) is 19.0 Å². The molecule has 0 fully saturated rings. The first-order valence-electron chi connectivity index (χ1n) is 3.49. The van der Waals surface area contributed by atoms with Gasteiger partial charge in [-0.2, -0.15) is 0 Å². The molecule has 0 bridgehead atoms. The van der Waals surface area contributed by atoms with Crippen molar-refractivity contribution in [2.24, 2.45) is 0 Å². The lowest BCUT2D eigenvalue weighted by atomic mass is 10.5. The Morgan fingerprint density at radius 2 is 1.83 bits per heavy atom. The number of rotatable bonds is 3. The summed E-state index contributed by atoms with van der Waals surface area (Å²) in [6.07, 6.45) is -1.08. The summed E-state index contributed by atoms with van der Waals surface area (Å²) in [4.78, 5) is 20.8. The molecule has 0 unspecified atom stereocenters. The molecule has 0 aromatic rings. The molecular formula is C7H12O5. The lowest BCUT2D eigenvalue weighted by molar-refractivity contribution is -0.150. The Kier molecular flexibility index (Phi) is 4.83. The topological polar surface area (TPSA) is 61.8 Å². The molecule has 0 aliphatic rings. The molecule has 0 aromatic heterocycles. The van der Waals surface area contributed by atoms with Gasteiger partial charge in [0.1, 0.15) is 0 Å². The molecule has 0 atom stereocenters. The fourth-order valence-corrected chi connectivity index (χ4v) is 0.387. The largest absolute Gasteiger partial charge is 0.511 e. The van der Waals surface area contributed by atoms with Crippen LogP contribution in [0.3, 0.4) is 0 Å². The molecule has 5 nitrogen and oxygen atoms in total. The Morgan fingerprint density at radius 3 is 2.25 bits per heavy atom. The lowest BCUT2D eigenvalue weighted by Crippen LogP contribution is -2.15. The summed E-state index contributed by atoms with van der Waals surface area (Å²) in [5.41, 5.74) is 0. The summed E-state index contributed by atoms with van der Waals surface area (Å²) in [6.45, 7) is 4.19. The predicted molar refractivity (Wildman–Crippen MR) is 39.3 cm³/mol. The van der Waals surface area contributed by atoms with Gasteiger partial charge < -0.3 is 14.2 Å². The highest BCUT2D eigenvalue weighted by Crippen LogP contribution is 1.92. The third kappa shape index (κ3) is 6.85. The first-order chi connectivity index (χ1) is 5.52. The molecular weight excluding hydrogens is 164 g/mol. The van der Waals surface area contributed by atoms with Crippen LogP contribution in [0.2, 0.25) is 0 Å². The van der Waals surface area contributed by atoms with Gasteiger partial charge in [-0.1, -0.05) is 0 Å². The highest BCUT2D eigenvalue weighted by atomic mass is 16.8. The number of ether oxygens (including phenoxy) is 3. The number of carbonyl (C=O) groups excluding carboxylic acids is 2. The monoisotopic (exact) mass is 176 g/mol. The van der Waals surface area contributed by atoms with Crippen molar-refractivity contribution < 1.29 is 23.8 Å². The van der Waals surface area contributed by atoms with Crippen LogP contribution >= 0.6 is 0 Å². The van der Waals surface area contributed by atoms with Gasteiger partial charge in [0, 0.05) is 6.92 Å². The van der Waals surface area contributed by atoms with Crippen LogP contribution < -0.4 is 0 Å². The van der Waals surface area contributed by atoms with Crippen LogP contribution in [-0.4, -0.2) is 25.0 Å². The van der Waals surface area contributed by atoms with Crippen molar-refractivity contribution >= 4 is 12.1 Å². The van der Waals surface area contributed by atoms with Crippen LogP contribution in [0.25, 0.3) is 0 Å². The molecule has 0 aromatic carbocycles. The van der Waals surface area contributed by atoms with E-state index in [2.05, 4.69) is 14.2 Å². The standard InChI is InChI=1S/C7H12O5/c1-5(2)12-7(9)11-4-10-6(3)8/h5H,4H2,1-3H3. The number of carbonyl (C=O) groups is 2. The third-order valence-electron chi connectivity index (χ3n) is 0.771. The van der Waals surface area contributed by atoms with Gasteiger partial charge in [-0.05, 0) is 13.8 Å². The first kappa shape index (κ1) is 10.7. The van der Waals surface area contributed by atoms with Crippen LogP contribution in [0.4, 0.5) is 4.79 Å². The molecule has 12 heavy (non-hydrogen) atoms. The Morgan fingerprint density at radius 1 is 1.25 bits per heavy atom. The molecule has 0 spiro atoms. The molecule has 0 radical (unpaired) electrons. The highest BCUT2D eigenvalue weighted by Gasteiger charge is 2.06. The summed E-state index contributed by atoms with van der Waals surface area (Å²) in [7, 11) is 0. The van der Waals surface area contributed by atoms with Crippen LogP contribution in [0.1, 0.15) is 20.8 Å². The SMILES string of the molecule is CC(=O)OCOC(=O)OC(C)C. The molecule has 70 valence electrons. The minimum atomic E-state index is -0.841. The van der Waals surface area contributed by atoms with Crippen LogP contribution in [0, 0.1) is 0 Å². The van der Waals surface area contributed by atoms with Gasteiger partial charge in [0.25, 0.3) is 0 Å². The maximum atomic E-state index is 10.6. The number of hydrogen-bond acceptors (Lipinski definition) is 5. The second-order valence-electron chi connectivity index (χ2n) is 2.31. The van der Waals surface area contributed by atoms with E-state index in [-0.39, 0.29) is 6.10 Å². The number of esters is 1. The van der Waals surface area contributed by atoms with E-state index in [0.717, 1.165) is 0 Å². The molecule has 0 heterocycles. The van der Waals surface area contributed by atoms with E-state index >= 15 is 0 Å². The highest BCUT2D eigenvalue weighted by molar-refractivity contribution is 5.66. The first-order valence-corrected chi connectivity index (χ1v) is 3.49. The fraction of sp³-hybridized carbons (Fsp3) is 0.714. The third-order valence-corrected chi connectivity index (χ3v) is 0.771. The van der Waals surface area contributed by atoms with Gasteiger partial charge in [0.05, 0.1) is 6.10 Å². The van der Waals surface area contributed by atoms with E-state index in [1.165, 1.54) is 6.92 Å². The average Bonchev–Trinajstić information content (AvgIpc) is 1.84. The summed E-state index contributed by atoms with van der Waals surface area (Å²) < 4.78 is 13.3. The Hall–Kier alpha value is -1.26. The maximum absolute atomic E-state index is 10.6. The van der Waals surface area contributed by atoms with Crippen molar-refractivity contribution in [2.75, 3.05) is 6.79 Å². The molecule has 0 saturated carbocycles. The van der Waals surface area contributed by atoms with Gasteiger partial charge in [0.2, 0.25) is 6.79 Å². The molecule has 0 rings (SSSR count). The molecule has 0 aliphatic heterocycles. The van der Waals surface area contributed by atoms with Gasteiger partial charge in [0.15, 0.2) is 0 Å². The molecule has 0 aliphatic carbocycles. The van der Waals surface area contributed by atoms with Crippen molar-refractivity contribution in [3.8, 4) is 0 Å². The summed E-state index contributed by atoms with van der Waals surface area (Å²) in [5.74, 6) is -0.507. The van der Waals surface area contributed by atoms with Crippen molar-refractivity contribution in [1.29, 1.82) is 0 Å². The molecule has 0 amide bonds. The Labute approximate surface area is 70.6 Å². The van der Waals surface area contributed by atoms with Gasteiger partial charge >= 0.3 is 12.1 Å². The maximum Gasteiger partial charge on any atom is 0.511 e. The van der Waals surface area contributed by atoms with E-state index in [1.54, 1.807) is 13.8 Å². The second kappa shape index (κ2) is 5.40. The summed E-state index contributed by atoms with van der Waals surface area (Å²) in [6, 6.07) is 0. The zero-order valence-corrected chi connectivity index (χ0v) is 7.33. The van der Waals surface area contributed by atoms with E-state index in [1.807, 2.05) is 0 Å². The van der Waals surface area contributed by atoms with E-state index in [9.17, 15) is 9.59 Å². The predicted octanol–water partition coefficient (Wildman–Crippen LogP) is 1.07. The van der Waals surface area contributed by atoms with Gasteiger partial charge in [-0.25, -0.2) is 4.79 Å². The smallest absolute Gasteiger partial charge is 0.431 e. The van der Waals surface area contributed by atoms with Crippen LogP contribution in [0.15, 0.2) is 0 Å². The van der Waals surface area contributed by atoms with E-state index < -0.39 is 18.9 Å². The van der Waals surface area contributed by atoms with Crippen molar-refractivity contribution in [3.05, 3.63) is 0 Å². The molecule has 5 heteroatoms. The summed E-state index contributed by atoms with van der Waals surface area (Å²) >= 11 is 0. The van der Waals surface area contributed by atoms with Crippen molar-refractivity contribution in [1.82, 2.24) is 0 Å². The van der Waals surface area contributed by atoms with Crippen molar-refractivity contribution in [3.63, 3.8) is 0 Å². The average molecular weight is 176 g/mol. The Bertz CT molecular complexity index is 163. The minimum absolute atomic E-state index is 0.241. The summed E-state index contributed by atoms with van der Waals surface area (Å²) in [5, 5.41) is 0. The van der Waals surface area contributed by atoms with E-state index in [0.29, 0.717) is 0 Å². The van der Waals surface area contributed by atoms with Gasteiger partial charge in [-0.15, -0.1) is 0 Å². The zero-order valence-electron chi connectivity index (χ0n) is 7.33. The second-order valence-corrected chi connectivity index (χ2v) is 2.31. The normalized spacial score (nSPS) is 9.33. The molecule has 0 saturated heterocycles.